The number of nitrogens with one attached hydrogen (secondary N) is 1. The lowest BCUT2D eigenvalue weighted by Crippen LogP contribution is -2.18. The Morgan fingerprint density at radius 2 is 2.31 bits per heavy atom. The second kappa shape index (κ2) is 5.69. The predicted molar refractivity (Wildman–Crippen MR) is 67.1 cm³/mol. The third-order valence-corrected chi connectivity index (χ3v) is 2.90. The highest BCUT2D eigenvalue weighted by Crippen LogP contribution is 2.18. The van der Waals surface area contributed by atoms with Crippen molar-refractivity contribution in [1.29, 1.82) is 0 Å². The summed E-state index contributed by atoms with van der Waals surface area (Å²) in [5.41, 5.74) is 0.495. The van der Waals surface area contributed by atoms with Crippen LogP contribution in [0.3, 0.4) is 0 Å². The van der Waals surface area contributed by atoms with Crippen LogP contribution in [0.5, 0.6) is 0 Å². The largest absolute Gasteiger partial charge is 0.367 e. The van der Waals surface area contributed by atoms with Crippen molar-refractivity contribution < 1.29 is 4.92 Å². The molecule has 0 spiro atoms. The minimum absolute atomic E-state index is 0.0584. The van der Waals surface area contributed by atoms with E-state index in [0.29, 0.717) is 17.6 Å². The lowest BCUT2D eigenvalue weighted by molar-refractivity contribution is -0.385. The van der Waals surface area contributed by atoms with E-state index in [1.165, 1.54) is 6.07 Å². The topological polar surface area (TPSA) is 68.1 Å². The van der Waals surface area contributed by atoms with Crippen LogP contribution in [0.4, 0.5) is 11.5 Å². The van der Waals surface area contributed by atoms with Gasteiger partial charge in [0.15, 0.2) is 0 Å². The molecule has 1 heterocycles. The summed E-state index contributed by atoms with van der Waals surface area (Å²) in [6, 6.07) is 3.42. The van der Waals surface area contributed by atoms with Crippen molar-refractivity contribution in [3.63, 3.8) is 0 Å². The zero-order chi connectivity index (χ0) is 12.1. The zero-order valence-electron chi connectivity index (χ0n) is 9.56. The number of anilines is 1. The summed E-state index contributed by atoms with van der Waals surface area (Å²) < 4.78 is 0. The summed E-state index contributed by atoms with van der Waals surface area (Å²) in [5, 5.41) is 13.8. The van der Waals surface area contributed by atoms with Crippen molar-refractivity contribution in [2.75, 3.05) is 17.3 Å². The van der Waals surface area contributed by atoms with E-state index in [-0.39, 0.29) is 5.69 Å². The number of hydrogen-bond acceptors (Lipinski definition) is 5. The van der Waals surface area contributed by atoms with Crippen molar-refractivity contribution >= 4 is 23.3 Å². The normalized spacial score (nSPS) is 12.2. The quantitative estimate of drug-likeness (QED) is 0.633. The molecular formula is C10H15N3O2S. The molecule has 16 heavy (non-hydrogen) atoms. The molecule has 88 valence electrons. The first-order valence-electron chi connectivity index (χ1n) is 4.92. The molecule has 1 rings (SSSR count). The van der Waals surface area contributed by atoms with Crippen molar-refractivity contribution in [3.8, 4) is 0 Å². The van der Waals surface area contributed by atoms with Crippen LogP contribution in [-0.4, -0.2) is 28.0 Å². The molecule has 0 fully saturated rings. The van der Waals surface area contributed by atoms with Crippen LogP contribution in [0.2, 0.25) is 0 Å². The summed E-state index contributed by atoms with van der Waals surface area (Å²) in [7, 11) is 0. The fraction of sp³-hybridized carbons (Fsp3) is 0.500. The Morgan fingerprint density at radius 3 is 2.81 bits per heavy atom. The lowest BCUT2D eigenvalue weighted by Gasteiger charge is -2.13. The number of hydrogen-bond donors (Lipinski definition) is 1. The zero-order valence-corrected chi connectivity index (χ0v) is 10.4. The number of rotatable bonds is 5. The molecule has 0 saturated carbocycles. The molecule has 0 aliphatic rings. The first-order valence-corrected chi connectivity index (χ1v) is 6.31. The van der Waals surface area contributed by atoms with Gasteiger partial charge in [-0.25, -0.2) is 4.98 Å². The average Bonchev–Trinajstić information content (AvgIpc) is 2.17. The molecule has 1 aromatic rings. The van der Waals surface area contributed by atoms with Gasteiger partial charge in [0.05, 0.1) is 4.92 Å². The molecule has 5 nitrogen and oxygen atoms in total. The third-order valence-electron chi connectivity index (χ3n) is 2.07. The molecule has 0 amide bonds. The van der Waals surface area contributed by atoms with Crippen LogP contribution in [0.15, 0.2) is 12.1 Å². The molecular weight excluding hydrogens is 226 g/mol. The van der Waals surface area contributed by atoms with E-state index in [1.807, 2.05) is 6.26 Å². The number of thioether (sulfide) groups is 1. The van der Waals surface area contributed by atoms with Crippen molar-refractivity contribution in [2.24, 2.45) is 0 Å². The van der Waals surface area contributed by atoms with E-state index >= 15 is 0 Å². The summed E-state index contributed by atoms with van der Waals surface area (Å²) >= 11 is 1.74. The number of aromatic nitrogens is 1. The second-order valence-corrected chi connectivity index (χ2v) is 4.47. The molecule has 6 heteroatoms. The average molecular weight is 241 g/mol. The van der Waals surface area contributed by atoms with Crippen molar-refractivity contribution in [1.82, 2.24) is 4.98 Å². The number of pyridine rings is 1. The van der Waals surface area contributed by atoms with Crippen LogP contribution in [-0.2, 0) is 0 Å². The molecule has 0 aliphatic heterocycles. The van der Waals surface area contributed by atoms with E-state index in [2.05, 4.69) is 17.2 Å². The molecule has 0 radical (unpaired) electrons. The molecule has 1 unspecified atom stereocenters. The smallest absolute Gasteiger partial charge is 0.290 e. The molecule has 0 aliphatic carbocycles. The Balaban J connectivity index is 2.77. The number of nitrogens with zero attached hydrogens (tertiary/aromatic N) is 2. The predicted octanol–water partition coefficient (Wildman–Crippen LogP) is 2.46. The third kappa shape index (κ3) is 3.37. The monoisotopic (exact) mass is 241 g/mol. The molecule has 0 saturated heterocycles. The molecule has 1 aromatic heterocycles. The lowest BCUT2D eigenvalue weighted by atomic mass is 10.3. The van der Waals surface area contributed by atoms with Crippen LogP contribution < -0.4 is 5.32 Å². The minimum atomic E-state index is -0.419. The maximum absolute atomic E-state index is 10.6. The first kappa shape index (κ1) is 12.8. The van der Waals surface area contributed by atoms with Gasteiger partial charge in [-0.15, -0.1) is 0 Å². The Hall–Kier alpha value is -1.30. The maximum atomic E-state index is 10.6. The van der Waals surface area contributed by atoms with E-state index in [1.54, 1.807) is 24.8 Å². The van der Waals surface area contributed by atoms with Crippen LogP contribution in [0, 0.1) is 17.0 Å². The molecule has 0 aromatic carbocycles. The van der Waals surface area contributed by atoms with Gasteiger partial charge >= 0.3 is 0 Å². The fourth-order valence-corrected chi connectivity index (χ4v) is 1.95. The number of aryl methyl sites for hydroxylation is 1. The van der Waals surface area contributed by atoms with Gasteiger partial charge in [0.1, 0.15) is 11.5 Å². The van der Waals surface area contributed by atoms with E-state index < -0.39 is 4.92 Å². The maximum Gasteiger partial charge on any atom is 0.290 e. The summed E-state index contributed by atoms with van der Waals surface area (Å²) in [6.45, 7) is 3.69. The van der Waals surface area contributed by atoms with Gasteiger partial charge in [-0.2, -0.15) is 11.8 Å². The highest BCUT2D eigenvalue weighted by atomic mass is 32.2. The molecule has 0 bridgehead atoms. The Labute approximate surface area is 98.8 Å². The highest BCUT2D eigenvalue weighted by molar-refractivity contribution is 7.98. The Bertz CT molecular complexity index is 384. The minimum Gasteiger partial charge on any atom is -0.367 e. The van der Waals surface area contributed by atoms with E-state index in [0.717, 1.165) is 5.75 Å². The SMILES string of the molecule is CSCC(C)Nc1ccc([N+](=O)[O-])c(C)n1. The Kier molecular flexibility index (Phi) is 4.54. The molecule has 1 atom stereocenters. The molecule has 1 N–H and O–H groups in total. The summed E-state index contributed by atoms with van der Waals surface area (Å²) in [4.78, 5) is 14.3. The first-order chi connectivity index (χ1) is 7.54. The highest BCUT2D eigenvalue weighted by Gasteiger charge is 2.12. The van der Waals surface area contributed by atoms with Crippen LogP contribution >= 0.6 is 11.8 Å². The van der Waals surface area contributed by atoms with Gasteiger partial charge in [-0.3, -0.25) is 10.1 Å². The van der Waals surface area contributed by atoms with Crippen LogP contribution in [0.25, 0.3) is 0 Å². The number of nitro groups is 1. The van der Waals surface area contributed by atoms with Crippen LogP contribution in [0.1, 0.15) is 12.6 Å². The van der Waals surface area contributed by atoms with Gasteiger partial charge in [0.2, 0.25) is 0 Å². The van der Waals surface area contributed by atoms with Crippen molar-refractivity contribution in [2.45, 2.75) is 19.9 Å². The second-order valence-electron chi connectivity index (χ2n) is 3.56. The van der Waals surface area contributed by atoms with Gasteiger partial charge in [0.25, 0.3) is 5.69 Å². The Morgan fingerprint density at radius 1 is 1.62 bits per heavy atom. The van der Waals surface area contributed by atoms with Gasteiger partial charge < -0.3 is 5.32 Å². The summed E-state index contributed by atoms with van der Waals surface area (Å²) in [5.74, 6) is 1.65. The van der Waals surface area contributed by atoms with Gasteiger partial charge in [0, 0.05) is 17.9 Å². The standard InChI is InChI=1S/C10H15N3O2S/c1-7(6-16-3)11-10-5-4-9(13(14)15)8(2)12-10/h4-5,7H,6H2,1-3H3,(H,11,12). The van der Waals surface area contributed by atoms with E-state index in [9.17, 15) is 10.1 Å². The van der Waals surface area contributed by atoms with Gasteiger partial charge in [-0.05, 0) is 26.2 Å². The summed E-state index contributed by atoms with van der Waals surface area (Å²) in [6.07, 6.45) is 2.03. The van der Waals surface area contributed by atoms with E-state index in [4.69, 9.17) is 0 Å². The van der Waals surface area contributed by atoms with Crippen molar-refractivity contribution in [3.05, 3.63) is 27.9 Å². The van der Waals surface area contributed by atoms with Gasteiger partial charge in [-0.1, -0.05) is 0 Å². The fourth-order valence-electron chi connectivity index (χ4n) is 1.37.